The van der Waals surface area contributed by atoms with Crippen LogP contribution in [0.1, 0.15) is 5.56 Å². The number of allylic oxidation sites excluding steroid dienone is 1. The van der Waals surface area contributed by atoms with Crippen molar-refractivity contribution in [3.8, 4) is 11.8 Å². The van der Waals surface area contributed by atoms with Gasteiger partial charge in [-0.05, 0) is 17.7 Å². The summed E-state index contributed by atoms with van der Waals surface area (Å²) >= 11 is 0. The van der Waals surface area contributed by atoms with Crippen molar-refractivity contribution in [2.24, 2.45) is 0 Å². The first-order valence-electron chi connectivity index (χ1n) is 5.95. The number of rotatable bonds is 2. The van der Waals surface area contributed by atoms with Gasteiger partial charge in [0.2, 0.25) is 0 Å². The zero-order chi connectivity index (χ0) is 11.8. The first-order valence-corrected chi connectivity index (χ1v) is 5.95. The van der Waals surface area contributed by atoms with Crippen LogP contribution in [0.3, 0.4) is 0 Å². The third-order valence-electron chi connectivity index (χ3n) is 2.67. The van der Waals surface area contributed by atoms with Gasteiger partial charge in [-0.15, -0.1) is 0 Å². The largest absolute Gasteiger partial charge is 0.379 e. The lowest BCUT2D eigenvalue weighted by molar-refractivity contribution is 0.0443. The predicted molar refractivity (Wildman–Crippen MR) is 70.5 cm³/mol. The molecular formula is C15H17NO. The number of hydrogen-bond donors (Lipinski definition) is 0. The molecule has 0 spiro atoms. The Kier molecular flexibility index (Phi) is 4.84. The molecule has 0 N–H and O–H groups in total. The normalized spacial score (nSPS) is 16.7. The van der Waals surface area contributed by atoms with Crippen molar-refractivity contribution in [3.05, 3.63) is 42.0 Å². The molecule has 0 aliphatic carbocycles. The minimum atomic E-state index is 0.835. The average molecular weight is 227 g/mol. The fraction of sp³-hybridized carbons (Fsp3) is 0.333. The van der Waals surface area contributed by atoms with Gasteiger partial charge in [-0.2, -0.15) is 0 Å². The van der Waals surface area contributed by atoms with E-state index in [0.29, 0.717) is 0 Å². The summed E-state index contributed by atoms with van der Waals surface area (Å²) in [6.07, 6.45) is 3.95. The molecule has 0 amide bonds. The van der Waals surface area contributed by atoms with Crippen LogP contribution >= 0.6 is 0 Å². The summed E-state index contributed by atoms with van der Waals surface area (Å²) in [4.78, 5) is 2.31. The van der Waals surface area contributed by atoms with Crippen molar-refractivity contribution in [1.29, 1.82) is 0 Å². The molecule has 0 unspecified atom stereocenters. The van der Waals surface area contributed by atoms with Crippen LogP contribution in [-0.2, 0) is 4.74 Å². The van der Waals surface area contributed by atoms with Gasteiger partial charge >= 0.3 is 0 Å². The van der Waals surface area contributed by atoms with Gasteiger partial charge in [-0.1, -0.05) is 42.2 Å². The second-order valence-corrected chi connectivity index (χ2v) is 3.95. The van der Waals surface area contributed by atoms with E-state index >= 15 is 0 Å². The van der Waals surface area contributed by atoms with Crippen molar-refractivity contribution >= 4 is 6.08 Å². The van der Waals surface area contributed by atoms with Gasteiger partial charge in [0.05, 0.1) is 19.8 Å². The molecule has 1 fully saturated rings. The molecule has 0 bridgehead atoms. The lowest BCUT2D eigenvalue weighted by Gasteiger charge is -2.24. The molecule has 1 heterocycles. The predicted octanol–water partition coefficient (Wildman–Crippen LogP) is 2.04. The van der Waals surface area contributed by atoms with Gasteiger partial charge in [0, 0.05) is 13.1 Å². The van der Waals surface area contributed by atoms with Crippen LogP contribution in [0.2, 0.25) is 0 Å². The Balaban J connectivity index is 1.76. The monoisotopic (exact) mass is 227 g/mol. The Labute approximate surface area is 103 Å². The highest BCUT2D eigenvalue weighted by Gasteiger charge is 2.07. The van der Waals surface area contributed by atoms with Gasteiger partial charge in [-0.3, -0.25) is 4.90 Å². The second-order valence-electron chi connectivity index (χ2n) is 3.95. The topological polar surface area (TPSA) is 12.5 Å². The SMILES string of the molecule is C(#CCN1CCOCC1)/C=C\c1ccccc1. The van der Waals surface area contributed by atoms with Crippen molar-refractivity contribution < 1.29 is 4.74 Å². The van der Waals surface area contributed by atoms with Crippen LogP contribution < -0.4 is 0 Å². The highest BCUT2D eigenvalue weighted by molar-refractivity contribution is 5.52. The van der Waals surface area contributed by atoms with Crippen molar-refractivity contribution in [2.45, 2.75) is 0 Å². The Bertz CT molecular complexity index is 408. The maximum Gasteiger partial charge on any atom is 0.0606 e. The Morgan fingerprint density at radius 3 is 2.71 bits per heavy atom. The van der Waals surface area contributed by atoms with Crippen LogP contribution in [0, 0.1) is 11.8 Å². The Morgan fingerprint density at radius 1 is 1.18 bits per heavy atom. The molecule has 0 radical (unpaired) electrons. The molecule has 2 rings (SSSR count). The van der Waals surface area contributed by atoms with Crippen LogP contribution in [-0.4, -0.2) is 37.7 Å². The molecule has 0 saturated carbocycles. The van der Waals surface area contributed by atoms with E-state index in [-0.39, 0.29) is 0 Å². The molecule has 2 nitrogen and oxygen atoms in total. The number of ether oxygens (including phenoxy) is 1. The summed E-state index contributed by atoms with van der Waals surface area (Å²) in [6, 6.07) is 10.2. The van der Waals surface area contributed by atoms with E-state index in [1.807, 2.05) is 30.4 Å². The van der Waals surface area contributed by atoms with Crippen LogP contribution in [0.25, 0.3) is 6.08 Å². The molecule has 1 aromatic rings. The van der Waals surface area contributed by atoms with Crippen LogP contribution in [0.15, 0.2) is 36.4 Å². The molecule has 2 heteroatoms. The van der Waals surface area contributed by atoms with Gasteiger partial charge in [0.25, 0.3) is 0 Å². The molecular weight excluding hydrogens is 210 g/mol. The smallest absolute Gasteiger partial charge is 0.0606 e. The quantitative estimate of drug-likeness (QED) is 0.717. The fourth-order valence-corrected chi connectivity index (χ4v) is 1.68. The number of hydrogen-bond acceptors (Lipinski definition) is 2. The molecule has 17 heavy (non-hydrogen) atoms. The van der Waals surface area contributed by atoms with E-state index in [9.17, 15) is 0 Å². The lowest BCUT2D eigenvalue weighted by atomic mass is 10.2. The lowest BCUT2D eigenvalue weighted by Crippen LogP contribution is -2.36. The van der Waals surface area contributed by atoms with E-state index in [0.717, 1.165) is 32.8 Å². The third kappa shape index (κ3) is 4.44. The molecule has 1 aromatic carbocycles. The number of morpholine rings is 1. The van der Waals surface area contributed by atoms with Crippen LogP contribution in [0.5, 0.6) is 0 Å². The van der Waals surface area contributed by atoms with Crippen molar-refractivity contribution in [2.75, 3.05) is 32.8 Å². The van der Waals surface area contributed by atoms with Crippen molar-refractivity contribution in [1.82, 2.24) is 4.90 Å². The first-order chi connectivity index (χ1) is 8.45. The average Bonchev–Trinajstić information content (AvgIpc) is 2.41. The molecule has 0 aromatic heterocycles. The standard InChI is InChI=1S/C15H17NO/c1-3-7-15(8-4-1)9-5-2-6-10-16-11-13-17-14-12-16/h1,3-5,7-9H,10-14H2/b9-5-. The summed E-state index contributed by atoms with van der Waals surface area (Å²) in [6.45, 7) is 4.50. The van der Waals surface area contributed by atoms with E-state index in [1.165, 1.54) is 5.56 Å². The molecule has 0 atom stereocenters. The molecule has 1 aliphatic heterocycles. The highest BCUT2D eigenvalue weighted by Crippen LogP contribution is 2.00. The van der Waals surface area contributed by atoms with Gasteiger partial charge in [0.15, 0.2) is 0 Å². The summed E-state index contributed by atoms with van der Waals surface area (Å²) in [5.41, 5.74) is 1.19. The fourth-order valence-electron chi connectivity index (χ4n) is 1.68. The molecule has 88 valence electrons. The second kappa shape index (κ2) is 6.90. The van der Waals surface area contributed by atoms with E-state index < -0.39 is 0 Å². The van der Waals surface area contributed by atoms with Crippen LogP contribution in [0.4, 0.5) is 0 Å². The van der Waals surface area contributed by atoms with E-state index in [2.05, 4.69) is 28.9 Å². The van der Waals surface area contributed by atoms with E-state index in [1.54, 1.807) is 0 Å². The van der Waals surface area contributed by atoms with Gasteiger partial charge in [-0.25, -0.2) is 0 Å². The maximum atomic E-state index is 5.28. The summed E-state index contributed by atoms with van der Waals surface area (Å²) < 4.78 is 5.28. The zero-order valence-electron chi connectivity index (χ0n) is 9.93. The zero-order valence-corrected chi connectivity index (χ0v) is 9.93. The summed E-state index contributed by atoms with van der Waals surface area (Å²) in [7, 11) is 0. The maximum absolute atomic E-state index is 5.28. The van der Waals surface area contributed by atoms with E-state index in [4.69, 9.17) is 4.74 Å². The first kappa shape index (κ1) is 11.9. The third-order valence-corrected chi connectivity index (χ3v) is 2.67. The van der Waals surface area contributed by atoms with Gasteiger partial charge in [0.1, 0.15) is 0 Å². The Hall–Kier alpha value is -1.56. The number of benzene rings is 1. The minimum absolute atomic E-state index is 0.835. The van der Waals surface area contributed by atoms with Gasteiger partial charge < -0.3 is 4.74 Å². The minimum Gasteiger partial charge on any atom is -0.379 e. The molecule has 1 saturated heterocycles. The van der Waals surface area contributed by atoms with Crippen molar-refractivity contribution in [3.63, 3.8) is 0 Å². The Morgan fingerprint density at radius 2 is 1.94 bits per heavy atom. The highest BCUT2D eigenvalue weighted by atomic mass is 16.5. The molecule has 1 aliphatic rings. The number of nitrogens with zero attached hydrogens (tertiary/aromatic N) is 1. The summed E-state index contributed by atoms with van der Waals surface area (Å²) in [5, 5.41) is 0. The summed E-state index contributed by atoms with van der Waals surface area (Å²) in [5.74, 6) is 6.23.